The lowest BCUT2D eigenvalue weighted by molar-refractivity contribution is -0.313. The van der Waals surface area contributed by atoms with Crippen LogP contribution in [0.4, 0.5) is 5.69 Å². The number of carbonyl (C=O) groups is 2. The first-order chi connectivity index (χ1) is 9.08. The van der Waals surface area contributed by atoms with Gasteiger partial charge in [0.05, 0.1) is 0 Å². The van der Waals surface area contributed by atoms with Gasteiger partial charge in [-0.1, -0.05) is 30.5 Å². The summed E-state index contributed by atoms with van der Waals surface area (Å²) in [7, 11) is 0. The van der Waals surface area contributed by atoms with Gasteiger partial charge in [0.2, 0.25) is 5.91 Å². The third-order valence-corrected chi connectivity index (χ3v) is 3.73. The maximum Gasteiger partial charge on any atom is 0.228 e. The molecule has 0 aromatic heterocycles. The quantitative estimate of drug-likeness (QED) is 0.918. The largest absolute Gasteiger partial charge is 0.550 e. The monoisotopic (exact) mass is 280 g/mol. The highest BCUT2D eigenvalue weighted by Gasteiger charge is 2.31. The van der Waals surface area contributed by atoms with E-state index in [1.54, 1.807) is 24.3 Å². The first-order valence-electron chi connectivity index (χ1n) is 6.35. The molecule has 1 aromatic rings. The van der Waals surface area contributed by atoms with Crippen LogP contribution in [-0.4, -0.2) is 11.9 Å². The molecule has 5 heteroatoms. The Bertz CT molecular complexity index is 489. The van der Waals surface area contributed by atoms with Crippen molar-refractivity contribution in [3.05, 3.63) is 29.3 Å². The molecule has 0 saturated heterocycles. The van der Waals surface area contributed by atoms with Crippen LogP contribution in [0.25, 0.3) is 0 Å². The van der Waals surface area contributed by atoms with Gasteiger partial charge in [-0.05, 0) is 31.0 Å². The highest BCUT2D eigenvalue weighted by molar-refractivity contribution is 6.30. The van der Waals surface area contributed by atoms with Crippen LogP contribution in [0.5, 0.6) is 0 Å². The van der Waals surface area contributed by atoms with Gasteiger partial charge in [0, 0.05) is 28.5 Å². The Morgan fingerprint density at radius 3 is 2.53 bits per heavy atom. The van der Waals surface area contributed by atoms with Crippen molar-refractivity contribution in [2.24, 2.45) is 11.8 Å². The van der Waals surface area contributed by atoms with E-state index in [-0.39, 0.29) is 5.91 Å². The summed E-state index contributed by atoms with van der Waals surface area (Å²) in [5.41, 5.74) is 0.583. The SMILES string of the molecule is O=C([O-])[C@H]1CCCC[C@H]1C(=O)Nc1cccc(Cl)c1. The number of amides is 1. The van der Waals surface area contributed by atoms with Crippen molar-refractivity contribution in [2.75, 3.05) is 5.32 Å². The number of carboxylic acid groups (broad SMARTS) is 1. The minimum Gasteiger partial charge on any atom is -0.550 e. The summed E-state index contributed by atoms with van der Waals surface area (Å²) in [6, 6.07) is 6.80. The van der Waals surface area contributed by atoms with E-state index in [0.29, 0.717) is 23.6 Å². The lowest BCUT2D eigenvalue weighted by atomic mass is 9.78. The van der Waals surface area contributed by atoms with Gasteiger partial charge in [-0.25, -0.2) is 0 Å². The molecule has 2 rings (SSSR count). The summed E-state index contributed by atoms with van der Waals surface area (Å²) in [4.78, 5) is 23.2. The number of aliphatic carboxylic acids is 1. The zero-order chi connectivity index (χ0) is 13.8. The topological polar surface area (TPSA) is 69.2 Å². The van der Waals surface area contributed by atoms with Crippen molar-refractivity contribution < 1.29 is 14.7 Å². The number of hydrogen-bond donors (Lipinski definition) is 1. The Hall–Kier alpha value is -1.55. The van der Waals surface area contributed by atoms with Crippen LogP contribution in [0.15, 0.2) is 24.3 Å². The number of nitrogens with one attached hydrogen (secondary N) is 1. The number of benzene rings is 1. The van der Waals surface area contributed by atoms with Gasteiger partial charge >= 0.3 is 0 Å². The summed E-state index contributed by atoms with van der Waals surface area (Å²) in [6.45, 7) is 0. The molecule has 1 aromatic carbocycles. The van der Waals surface area contributed by atoms with Crippen molar-refractivity contribution in [1.82, 2.24) is 0 Å². The summed E-state index contributed by atoms with van der Waals surface area (Å²) in [5.74, 6) is -2.60. The number of anilines is 1. The van der Waals surface area contributed by atoms with Crippen molar-refractivity contribution in [3.8, 4) is 0 Å². The van der Waals surface area contributed by atoms with E-state index in [4.69, 9.17) is 11.6 Å². The first-order valence-corrected chi connectivity index (χ1v) is 6.73. The molecule has 4 nitrogen and oxygen atoms in total. The Kier molecular flexibility index (Phi) is 4.43. The number of carbonyl (C=O) groups excluding carboxylic acids is 2. The van der Waals surface area contributed by atoms with Gasteiger partial charge in [0.25, 0.3) is 0 Å². The summed E-state index contributed by atoms with van der Waals surface area (Å²) >= 11 is 5.84. The standard InChI is InChI=1S/C14H16ClNO3/c15-9-4-3-5-10(8-9)16-13(17)11-6-1-2-7-12(11)14(18)19/h3-5,8,11-12H,1-2,6-7H2,(H,16,17)(H,18,19)/p-1/t11-,12+/m1/s1. The van der Waals surface area contributed by atoms with E-state index >= 15 is 0 Å². The van der Waals surface area contributed by atoms with E-state index in [0.717, 1.165) is 12.8 Å². The van der Waals surface area contributed by atoms with Gasteiger partial charge in [-0.3, -0.25) is 4.79 Å². The normalized spacial score (nSPS) is 22.8. The Morgan fingerprint density at radius 2 is 1.89 bits per heavy atom. The Balaban J connectivity index is 2.07. The third-order valence-electron chi connectivity index (χ3n) is 3.50. The molecule has 0 bridgehead atoms. The zero-order valence-corrected chi connectivity index (χ0v) is 11.2. The molecule has 0 spiro atoms. The smallest absolute Gasteiger partial charge is 0.228 e. The number of halogens is 1. The van der Waals surface area contributed by atoms with E-state index in [2.05, 4.69) is 5.32 Å². The predicted octanol–water partition coefficient (Wildman–Crippen LogP) is 1.83. The fourth-order valence-corrected chi connectivity index (χ4v) is 2.72. The second-order valence-electron chi connectivity index (χ2n) is 4.82. The van der Waals surface area contributed by atoms with E-state index < -0.39 is 17.8 Å². The zero-order valence-electron chi connectivity index (χ0n) is 10.4. The molecule has 1 aliphatic rings. The maximum atomic E-state index is 12.1. The van der Waals surface area contributed by atoms with Crippen molar-refractivity contribution >= 4 is 29.2 Å². The average Bonchev–Trinajstić information content (AvgIpc) is 2.38. The molecule has 1 amide bonds. The molecule has 2 atom stereocenters. The molecule has 19 heavy (non-hydrogen) atoms. The van der Waals surface area contributed by atoms with Crippen molar-refractivity contribution in [3.63, 3.8) is 0 Å². The first kappa shape index (κ1) is 13.9. The van der Waals surface area contributed by atoms with E-state index in [1.807, 2.05) is 0 Å². The molecular formula is C14H15ClNO3-. The highest BCUT2D eigenvalue weighted by Crippen LogP contribution is 2.30. The molecule has 0 heterocycles. The van der Waals surface area contributed by atoms with Crippen LogP contribution >= 0.6 is 11.6 Å². The maximum absolute atomic E-state index is 12.1. The lowest BCUT2D eigenvalue weighted by Crippen LogP contribution is -2.42. The minimum absolute atomic E-state index is 0.267. The lowest BCUT2D eigenvalue weighted by Gasteiger charge is -2.31. The van der Waals surface area contributed by atoms with Gasteiger partial charge in [0.1, 0.15) is 0 Å². The molecule has 1 aliphatic carbocycles. The molecular weight excluding hydrogens is 266 g/mol. The summed E-state index contributed by atoms with van der Waals surface area (Å²) < 4.78 is 0. The van der Waals surface area contributed by atoms with Gasteiger partial charge in [0.15, 0.2) is 0 Å². The third kappa shape index (κ3) is 3.47. The van der Waals surface area contributed by atoms with Crippen LogP contribution in [0.2, 0.25) is 5.02 Å². The molecule has 0 aliphatic heterocycles. The van der Waals surface area contributed by atoms with E-state index in [9.17, 15) is 14.7 Å². The van der Waals surface area contributed by atoms with Crippen LogP contribution in [0, 0.1) is 11.8 Å². The summed E-state index contributed by atoms with van der Waals surface area (Å²) in [5, 5.41) is 14.3. The van der Waals surface area contributed by atoms with Crippen molar-refractivity contribution in [2.45, 2.75) is 25.7 Å². The van der Waals surface area contributed by atoms with Crippen molar-refractivity contribution in [1.29, 1.82) is 0 Å². The molecule has 0 unspecified atom stereocenters. The van der Waals surface area contributed by atoms with Crippen LogP contribution in [0.1, 0.15) is 25.7 Å². The molecule has 1 N–H and O–H groups in total. The number of rotatable bonds is 3. The van der Waals surface area contributed by atoms with Gasteiger partial charge < -0.3 is 15.2 Å². The number of carboxylic acids is 1. The van der Waals surface area contributed by atoms with Gasteiger partial charge in [-0.2, -0.15) is 0 Å². The summed E-state index contributed by atoms with van der Waals surface area (Å²) in [6.07, 6.45) is 2.80. The predicted molar refractivity (Wildman–Crippen MR) is 70.5 cm³/mol. The highest BCUT2D eigenvalue weighted by atomic mass is 35.5. The fraction of sp³-hybridized carbons (Fsp3) is 0.429. The molecule has 0 radical (unpaired) electrons. The molecule has 102 valence electrons. The second-order valence-corrected chi connectivity index (χ2v) is 5.25. The molecule has 1 saturated carbocycles. The van der Waals surface area contributed by atoms with E-state index in [1.165, 1.54) is 0 Å². The van der Waals surface area contributed by atoms with Gasteiger partial charge in [-0.15, -0.1) is 0 Å². The number of hydrogen-bond acceptors (Lipinski definition) is 3. The second kappa shape index (κ2) is 6.06. The Labute approximate surface area is 116 Å². The Morgan fingerprint density at radius 1 is 1.21 bits per heavy atom. The average molecular weight is 281 g/mol. The van der Waals surface area contributed by atoms with Crippen LogP contribution < -0.4 is 10.4 Å². The van der Waals surface area contributed by atoms with Crippen LogP contribution in [-0.2, 0) is 9.59 Å². The molecule has 1 fully saturated rings. The minimum atomic E-state index is -1.13. The van der Waals surface area contributed by atoms with Crippen LogP contribution in [0.3, 0.4) is 0 Å². The fourth-order valence-electron chi connectivity index (χ4n) is 2.53.